The molecule has 0 saturated carbocycles. The number of methoxy groups -OCH3 is 1. The molecule has 0 aromatic heterocycles. The fourth-order valence-electron chi connectivity index (χ4n) is 9.10. The van der Waals surface area contributed by atoms with Crippen LogP contribution in [0, 0.1) is 11.8 Å². The van der Waals surface area contributed by atoms with Gasteiger partial charge in [-0.05, 0) is 103 Å². The average molecular weight is 1090 g/mol. The smallest absolute Gasteiger partial charge is 0.342 e. The molecule has 4 rings (SSSR count). The molecule has 1 aromatic carbocycles. The van der Waals surface area contributed by atoms with Crippen LogP contribution in [0.5, 0.6) is 11.5 Å². The number of aliphatic hydroxyl groups excluding tert-OH is 5. The van der Waals surface area contributed by atoms with Crippen molar-refractivity contribution in [1.82, 2.24) is 0 Å². The van der Waals surface area contributed by atoms with Crippen LogP contribution in [0.3, 0.4) is 0 Å². The van der Waals surface area contributed by atoms with E-state index in [9.17, 15) is 50.1 Å². The number of carbonyl (C=O) groups excluding carboxylic acids is 3. The summed E-state index contributed by atoms with van der Waals surface area (Å²) >= 11 is 12.3. The van der Waals surface area contributed by atoms with Gasteiger partial charge in [0.15, 0.2) is 36.3 Å². The number of cyclic esters (lactones) is 1. The number of phenolic OH excluding ortho intramolecular Hbond substituents is 2. The Labute approximate surface area is 444 Å². The van der Waals surface area contributed by atoms with Gasteiger partial charge in [-0.15, -0.1) is 0 Å². The maximum atomic E-state index is 14.0. The van der Waals surface area contributed by atoms with Gasteiger partial charge >= 0.3 is 17.9 Å². The van der Waals surface area contributed by atoms with Crippen molar-refractivity contribution in [2.75, 3.05) is 13.7 Å². The molecule has 14 atom stereocenters. The fraction of sp³-hybridized carbons (Fsp3) is 0.648. The number of hydrogen-bond acceptors (Lipinski definition) is 18. The Balaban J connectivity index is 1.62. The van der Waals surface area contributed by atoms with Crippen molar-refractivity contribution >= 4 is 41.1 Å². The lowest BCUT2D eigenvalue weighted by atomic mass is 9.88. The van der Waals surface area contributed by atoms with E-state index in [-0.39, 0.29) is 35.4 Å². The molecule has 3 aliphatic rings. The number of hydrogen-bond donors (Lipinski definition) is 7. The van der Waals surface area contributed by atoms with Gasteiger partial charge in [0.05, 0.1) is 53.1 Å². The van der Waals surface area contributed by atoms with Crippen molar-refractivity contribution in [1.29, 1.82) is 0 Å². The molecule has 74 heavy (non-hydrogen) atoms. The van der Waals surface area contributed by atoms with Crippen LogP contribution in [0.25, 0.3) is 0 Å². The largest absolute Gasteiger partial charge is 0.505 e. The van der Waals surface area contributed by atoms with E-state index >= 15 is 0 Å². The molecule has 416 valence electrons. The van der Waals surface area contributed by atoms with Crippen LogP contribution >= 0.6 is 23.2 Å². The molecule has 0 unspecified atom stereocenters. The average Bonchev–Trinajstić information content (AvgIpc) is 3.35. The van der Waals surface area contributed by atoms with E-state index in [1.165, 1.54) is 33.1 Å². The van der Waals surface area contributed by atoms with Gasteiger partial charge < -0.3 is 73.6 Å². The third kappa shape index (κ3) is 15.2. The van der Waals surface area contributed by atoms with Crippen LogP contribution in [-0.4, -0.2) is 153 Å². The van der Waals surface area contributed by atoms with Gasteiger partial charge in [0.2, 0.25) is 0 Å². The number of benzene rings is 1. The number of aliphatic hydroxyl groups is 5. The molecule has 0 spiro atoms. The molecule has 0 radical (unpaired) electrons. The summed E-state index contributed by atoms with van der Waals surface area (Å²) < 4.78 is 47.8. The molecule has 20 heteroatoms. The highest BCUT2D eigenvalue weighted by atomic mass is 35.5. The number of allylic oxidation sites excluding steroid dienone is 4. The minimum atomic E-state index is -1.57. The van der Waals surface area contributed by atoms with Gasteiger partial charge in [-0.3, -0.25) is 4.79 Å². The number of phenols is 2. The van der Waals surface area contributed by atoms with E-state index in [1.54, 1.807) is 39.8 Å². The Kier molecular flexibility index (Phi) is 23.7. The van der Waals surface area contributed by atoms with Crippen LogP contribution in [0.1, 0.15) is 124 Å². The molecular weight excluding hydrogens is 1010 g/mol. The highest BCUT2D eigenvalue weighted by molar-refractivity contribution is 6.39. The van der Waals surface area contributed by atoms with Crippen LogP contribution in [0.4, 0.5) is 0 Å². The quantitative estimate of drug-likeness (QED) is 0.0529. The zero-order valence-electron chi connectivity index (χ0n) is 44.5. The van der Waals surface area contributed by atoms with E-state index in [4.69, 9.17) is 61.1 Å². The fourth-order valence-corrected chi connectivity index (χ4v) is 9.66. The van der Waals surface area contributed by atoms with Crippen molar-refractivity contribution in [3.05, 3.63) is 79.9 Å². The molecule has 18 nitrogen and oxygen atoms in total. The van der Waals surface area contributed by atoms with E-state index < -0.39 is 144 Å². The number of halogens is 2. The standard InChI is InChI=1S/C54H78Cl2O18/c1-13-31(14-2)49(64)72-46-43(62)52(74-54(10,11)48(46)63)73-44-28(7)23-26(5)21-22-36(29(8)57)70-50(65)33(19-17-18-20-35(58)27(6)24-32(44)15-3)25-68-53-47(67-12)42(61)45(30(9)69-53)71-51(66)37-34(16-4)38(55)41(60)39(56)40(37)59/h17-19,21,23-24,29-32,35-36,42-48,52-53,57-63H,13-16,20,22,25H2,1-12H3/b18-17+,26-21+,27-24+,28-23+,33-19+/t29-,30-,32+,35+,36+,42+,43+,44+,45-,46-,47+,48+,52-,53-/m1/s1. The minimum Gasteiger partial charge on any atom is -0.505 e. The Morgan fingerprint density at radius 1 is 0.892 bits per heavy atom. The topological polar surface area (TPSA) is 267 Å². The molecule has 3 heterocycles. The highest BCUT2D eigenvalue weighted by Gasteiger charge is 2.53. The zero-order chi connectivity index (χ0) is 55.5. The number of esters is 3. The van der Waals surface area contributed by atoms with Crippen molar-refractivity contribution in [3.8, 4) is 11.5 Å². The summed E-state index contributed by atoms with van der Waals surface area (Å²) in [7, 11) is 1.26. The van der Waals surface area contributed by atoms with Crippen molar-refractivity contribution in [2.45, 2.75) is 200 Å². The summed E-state index contributed by atoms with van der Waals surface area (Å²) in [5, 5.41) is 76.9. The number of rotatable bonds is 15. The molecule has 2 fully saturated rings. The first-order valence-electron chi connectivity index (χ1n) is 25.2. The number of aromatic hydroxyl groups is 2. The van der Waals surface area contributed by atoms with Crippen LogP contribution in [-0.2, 0) is 53.9 Å². The first kappa shape index (κ1) is 62.6. The SMILES string of the molecule is CCc1c(Cl)c(O)c(Cl)c(O)c1C(=O)O[C@H]1[C@H](O)[C@H](OC)[C@H](OC/C2=C\C=C\C[C@H](O)/C(C)=C/[C@H](CC)[C@@H](O[C@@H]3OC(C)(C)[C@@H](O)[C@H](OC(=O)C(CC)CC)[C@@H]3O)/C(C)=C/C(C)=C/C[C@@H]([C@@H](C)O)OC2=O)O[C@@H]1C. The Morgan fingerprint density at radius 2 is 1.55 bits per heavy atom. The normalized spacial score (nSPS) is 34.2. The molecule has 0 amide bonds. The zero-order valence-corrected chi connectivity index (χ0v) is 46.0. The molecule has 0 aliphatic carbocycles. The van der Waals surface area contributed by atoms with E-state index in [2.05, 4.69) is 0 Å². The number of ether oxygens (including phenoxy) is 8. The van der Waals surface area contributed by atoms with Gasteiger partial charge in [-0.2, -0.15) is 0 Å². The third-order valence-electron chi connectivity index (χ3n) is 13.9. The first-order chi connectivity index (χ1) is 34.8. The summed E-state index contributed by atoms with van der Waals surface area (Å²) in [6.45, 7) is 18.5. The summed E-state index contributed by atoms with van der Waals surface area (Å²) in [6, 6.07) is 0. The molecule has 1 aromatic rings. The van der Waals surface area contributed by atoms with Gasteiger partial charge in [0.1, 0.15) is 41.1 Å². The minimum absolute atomic E-state index is 0.0366. The lowest BCUT2D eigenvalue weighted by Gasteiger charge is -2.47. The summed E-state index contributed by atoms with van der Waals surface area (Å²) in [4.78, 5) is 40.7. The van der Waals surface area contributed by atoms with Crippen molar-refractivity contribution in [2.24, 2.45) is 11.8 Å². The Bertz CT molecular complexity index is 2250. The predicted molar refractivity (Wildman–Crippen MR) is 274 cm³/mol. The van der Waals surface area contributed by atoms with Crippen LogP contribution in [0.2, 0.25) is 10.0 Å². The van der Waals surface area contributed by atoms with E-state index in [1.807, 2.05) is 46.8 Å². The van der Waals surface area contributed by atoms with Gasteiger partial charge in [-0.25, -0.2) is 9.59 Å². The maximum Gasteiger partial charge on any atom is 0.342 e. The Hall–Kier alpha value is -3.89. The van der Waals surface area contributed by atoms with Crippen LogP contribution < -0.4 is 0 Å². The number of carbonyl (C=O) groups is 3. The van der Waals surface area contributed by atoms with Gasteiger partial charge in [-0.1, -0.05) is 86.9 Å². The second-order valence-electron chi connectivity index (χ2n) is 19.7. The lowest BCUT2D eigenvalue weighted by Crippen LogP contribution is -2.64. The third-order valence-corrected chi connectivity index (χ3v) is 14.6. The van der Waals surface area contributed by atoms with Crippen molar-refractivity contribution in [3.63, 3.8) is 0 Å². The molecule has 3 aliphatic heterocycles. The van der Waals surface area contributed by atoms with Crippen LogP contribution in [0.15, 0.2) is 58.7 Å². The maximum absolute atomic E-state index is 14.0. The Morgan fingerprint density at radius 3 is 2.15 bits per heavy atom. The van der Waals surface area contributed by atoms with E-state index in [0.29, 0.717) is 36.0 Å². The second kappa shape index (κ2) is 27.9. The van der Waals surface area contributed by atoms with Crippen molar-refractivity contribution < 1.29 is 88.0 Å². The summed E-state index contributed by atoms with van der Waals surface area (Å²) in [6.07, 6.45) is -4.36. The second-order valence-corrected chi connectivity index (χ2v) is 20.5. The molecular formula is C54H78Cl2O18. The summed E-state index contributed by atoms with van der Waals surface area (Å²) in [5.41, 5.74) is 0.293. The monoisotopic (exact) mass is 1080 g/mol. The van der Waals surface area contributed by atoms with Gasteiger partial charge in [0.25, 0.3) is 0 Å². The first-order valence-corrected chi connectivity index (χ1v) is 26.0. The van der Waals surface area contributed by atoms with Gasteiger partial charge in [0, 0.05) is 19.4 Å². The summed E-state index contributed by atoms with van der Waals surface area (Å²) in [5.74, 6) is -4.71. The molecule has 7 N–H and O–H groups in total. The highest BCUT2D eigenvalue weighted by Crippen LogP contribution is 2.45. The molecule has 2 saturated heterocycles. The predicted octanol–water partition coefficient (Wildman–Crippen LogP) is 7.01. The van der Waals surface area contributed by atoms with E-state index in [0.717, 1.165) is 0 Å². The molecule has 0 bridgehead atoms. The lowest BCUT2D eigenvalue weighted by molar-refractivity contribution is -0.333.